The maximum Gasteiger partial charge on any atom is 0.222 e. The highest BCUT2D eigenvalue weighted by Crippen LogP contribution is 2.54. The minimum absolute atomic E-state index is 0.209. The number of benzene rings is 3. The molecular weight excluding hydrogens is 475 g/mol. The minimum atomic E-state index is 0.209. The van der Waals surface area contributed by atoms with E-state index in [1.807, 2.05) is 23.1 Å². The summed E-state index contributed by atoms with van der Waals surface area (Å²) in [5.41, 5.74) is 7.69. The van der Waals surface area contributed by atoms with Crippen LogP contribution in [0.2, 0.25) is 0 Å². The van der Waals surface area contributed by atoms with Crippen LogP contribution >= 0.6 is 23.1 Å². The maximum atomic E-state index is 2.48. The number of hydrogen-bond acceptors (Lipinski definition) is 2. The van der Waals surface area contributed by atoms with Crippen LogP contribution in [-0.4, -0.2) is 0 Å². The SMILES string of the molecule is Cc1c2c(c(CC(C)(C)C)c3ccccc13)Sc1cc3scc(CC(C)(C)C)c3c3cc[n+](C)c-2c13. The van der Waals surface area contributed by atoms with Crippen molar-refractivity contribution in [2.45, 2.75) is 71.1 Å². The lowest BCUT2D eigenvalue weighted by molar-refractivity contribution is -0.659. The van der Waals surface area contributed by atoms with Crippen molar-refractivity contribution in [3.8, 4) is 11.3 Å². The maximum absolute atomic E-state index is 2.48. The largest absolute Gasteiger partial charge is 0.222 e. The monoisotopic (exact) mass is 510 g/mol. The van der Waals surface area contributed by atoms with Crippen molar-refractivity contribution in [2.75, 3.05) is 0 Å². The van der Waals surface area contributed by atoms with Crippen molar-refractivity contribution in [2.24, 2.45) is 17.9 Å². The fourth-order valence-corrected chi connectivity index (χ4v) is 8.52. The second-order valence-electron chi connectivity index (χ2n) is 13.0. The van der Waals surface area contributed by atoms with Crippen LogP contribution in [0.1, 0.15) is 58.2 Å². The van der Waals surface area contributed by atoms with E-state index in [-0.39, 0.29) is 10.8 Å². The molecule has 0 bridgehead atoms. The smallest absolute Gasteiger partial charge is 0.200 e. The first-order valence-corrected chi connectivity index (χ1v) is 14.7. The lowest BCUT2D eigenvalue weighted by Crippen LogP contribution is -2.32. The van der Waals surface area contributed by atoms with Crippen molar-refractivity contribution >= 4 is 54.7 Å². The summed E-state index contributed by atoms with van der Waals surface area (Å²) >= 11 is 3.92. The molecule has 0 radical (unpaired) electrons. The van der Waals surface area contributed by atoms with Gasteiger partial charge in [0.05, 0.1) is 10.9 Å². The van der Waals surface area contributed by atoms with Crippen LogP contribution < -0.4 is 4.57 Å². The summed E-state index contributed by atoms with van der Waals surface area (Å²) in [4.78, 5) is 2.87. The molecule has 3 aromatic carbocycles. The van der Waals surface area contributed by atoms with Crippen LogP contribution in [0.3, 0.4) is 0 Å². The first-order valence-electron chi connectivity index (χ1n) is 13.0. The standard InChI is InChI=1S/C33H36NS2/c1-19-21-11-9-10-12-22(21)24(17-33(5,6)7)31-27(19)30-29-23(13-14-34(30)8)28-20(16-32(2,3)4)18-35-25(28)15-26(29)36-31/h9-15,18H,16-17H2,1-8H3/q+1. The average Bonchev–Trinajstić information content (AvgIpc) is 3.18. The predicted molar refractivity (Wildman–Crippen MR) is 159 cm³/mol. The molecule has 184 valence electrons. The Morgan fingerprint density at radius 3 is 2.22 bits per heavy atom. The summed E-state index contributed by atoms with van der Waals surface area (Å²) in [5.74, 6) is 0. The number of thiophene rings is 1. The van der Waals surface area contributed by atoms with Gasteiger partial charge in [-0.05, 0) is 69.5 Å². The molecule has 0 spiro atoms. The zero-order valence-electron chi connectivity index (χ0n) is 22.8. The molecule has 0 atom stereocenters. The van der Waals surface area contributed by atoms with Gasteiger partial charge in [0.25, 0.3) is 0 Å². The molecule has 3 heteroatoms. The molecule has 0 N–H and O–H groups in total. The summed E-state index contributed by atoms with van der Waals surface area (Å²) in [5, 5.41) is 9.53. The highest BCUT2D eigenvalue weighted by Gasteiger charge is 2.33. The van der Waals surface area contributed by atoms with Crippen LogP contribution in [0.25, 0.3) is 42.9 Å². The van der Waals surface area contributed by atoms with Gasteiger partial charge in [-0.15, -0.1) is 11.3 Å². The second kappa shape index (κ2) is 8.07. The van der Waals surface area contributed by atoms with Crippen LogP contribution in [0, 0.1) is 17.8 Å². The fourth-order valence-electron chi connectivity index (χ4n) is 6.07. The molecule has 3 heterocycles. The molecule has 2 aromatic heterocycles. The van der Waals surface area contributed by atoms with E-state index >= 15 is 0 Å². The van der Waals surface area contributed by atoms with Crippen molar-refractivity contribution < 1.29 is 4.57 Å². The molecule has 5 aromatic rings. The third-order valence-electron chi connectivity index (χ3n) is 7.41. The van der Waals surface area contributed by atoms with Crippen molar-refractivity contribution in [1.82, 2.24) is 0 Å². The lowest BCUT2D eigenvalue weighted by atomic mass is 9.83. The number of fused-ring (bicyclic) bond motifs is 5. The molecule has 0 aliphatic carbocycles. The Kier molecular flexibility index (Phi) is 5.38. The van der Waals surface area contributed by atoms with Gasteiger partial charge in [0, 0.05) is 31.3 Å². The van der Waals surface area contributed by atoms with Gasteiger partial charge in [0.1, 0.15) is 7.05 Å². The fraction of sp³-hybridized carbons (Fsp3) is 0.364. The van der Waals surface area contributed by atoms with E-state index in [4.69, 9.17) is 0 Å². The van der Waals surface area contributed by atoms with E-state index in [0.717, 1.165) is 12.8 Å². The normalized spacial score (nSPS) is 13.7. The zero-order chi connectivity index (χ0) is 25.6. The Bertz CT molecular complexity index is 1690. The third kappa shape index (κ3) is 3.78. The predicted octanol–water partition coefficient (Wildman–Crippen LogP) is 9.65. The summed E-state index contributed by atoms with van der Waals surface area (Å²) in [7, 11) is 2.23. The highest BCUT2D eigenvalue weighted by atomic mass is 32.2. The Morgan fingerprint density at radius 2 is 1.53 bits per heavy atom. The minimum Gasteiger partial charge on any atom is -0.200 e. The Labute approximate surface area is 223 Å². The third-order valence-corrected chi connectivity index (χ3v) is 9.58. The second-order valence-corrected chi connectivity index (χ2v) is 15.0. The molecule has 1 nitrogen and oxygen atoms in total. The molecule has 1 aliphatic rings. The molecule has 0 unspecified atom stereocenters. The van der Waals surface area contributed by atoms with Gasteiger partial charge < -0.3 is 0 Å². The molecule has 0 saturated carbocycles. The number of rotatable bonds is 2. The highest BCUT2D eigenvalue weighted by molar-refractivity contribution is 8.00. The van der Waals surface area contributed by atoms with Crippen LogP contribution in [0.15, 0.2) is 57.8 Å². The molecule has 0 fully saturated rings. The van der Waals surface area contributed by atoms with Crippen molar-refractivity contribution in [3.63, 3.8) is 0 Å². The number of aryl methyl sites for hydroxylation is 2. The van der Waals surface area contributed by atoms with Crippen molar-refractivity contribution in [3.05, 3.63) is 64.7 Å². The van der Waals surface area contributed by atoms with Crippen LogP contribution in [-0.2, 0) is 19.9 Å². The summed E-state index contributed by atoms with van der Waals surface area (Å²) < 4.78 is 3.79. The van der Waals surface area contributed by atoms with Crippen molar-refractivity contribution in [1.29, 1.82) is 0 Å². The Hall–Kier alpha value is -2.36. The molecule has 36 heavy (non-hydrogen) atoms. The van der Waals surface area contributed by atoms with Gasteiger partial charge in [-0.3, -0.25) is 0 Å². The van der Waals surface area contributed by atoms with E-state index in [9.17, 15) is 0 Å². The number of hydrogen-bond donors (Lipinski definition) is 0. The quantitative estimate of drug-likeness (QED) is 0.210. The summed E-state index contributed by atoms with van der Waals surface area (Å²) in [6.45, 7) is 16.5. The Morgan fingerprint density at radius 1 is 0.833 bits per heavy atom. The molecular formula is C33H36NS2+. The number of nitrogens with zero attached hydrogens (tertiary/aromatic N) is 1. The molecule has 0 amide bonds. The van der Waals surface area contributed by atoms with E-state index in [2.05, 4.69) is 108 Å². The topological polar surface area (TPSA) is 3.88 Å². The van der Waals surface area contributed by atoms with Gasteiger partial charge in [0.2, 0.25) is 5.69 Å². The van der Waals surface area contributed by atoms with Gasteiger partial charge in [-0.25, -0.2) is 4.57 Å². The van der Waals surface area contributed by atoms with E-state index in [0.29, 0.717) is 0 Å². The van der Waals surface area contributed by atoms with Gasteiger partial charge >= 0.3 is 0 Å². The average molecular weight is 511 g/mol. The van der Waals surface area contributed by atoms with E-state index in [1.54, 1.807) is 0 Å². The number of aromatic nitrogens is 1. The van der Waals surface area contributed by atoms with Gasteiger partial charge in [0.15, 0.2) is 6.20 Å². The molecule has 0 saturated heterocycles. The molecule has 6 rings (SSSR count). The zero-order valence-corrected chi connectivity index (χ0v) is 24.4. The summed E-state index contributed by atoms with van der Waals surface area (Å²) in [6.07, 6.45) is 4.45. The lowest BCUT2D eigenvalue weighted by Gasteiger charge is -2.28. The van der Waals surface area contributed by atoms with Gasteiger partial charge in [-0.2, -0.15) is 0 Å². The van der Waals surface area contributed by atoms with Crippen LogP contribution in [0.4, 0.5) is 0 Å². The Balaban J connectivity index is 1.75. The molecule has 1 aliphatic heterocycles. The first kappa shape index (κ1) is 24.0. The first-order chi connectivity index (χ1) is 16.9. The van der Waals surface area contributed by atoms with E-state index in [1.165, 1.54) is 69.4 Å². The van der Waals surface area contributed by atoms with E-state index < -0.39 is 0 Å². The van der Waals surface area contributed by atoms with Crippen LogP contribution in [0.5, 0.6) is 0 Å². The number of pyridine rings is 1. The summed E-state index contributed by atoms with van der Waals surface area (Å²) in [6, 6.07) is 13.9. The van der Waals surface area contributed by atoms with Gasteiger partial charge in [-0.1, -0.05) is 77.6 Å².